The molecule has 0 aliphatic heterocycles. The molecule has 0 unspecified atom stereocenters. The van der Waals surface area contributed by atoms with E-state index in [1.54, 1.807) is 0 Å². The molecule has 0 fully saturated rings. The molecule has 0 saturated carbocycles. The first-order valence-corrected chi connectivity index (χ1v) is 4.65. The summed E-state index contributed by atoms with van der Waals surface area (Å²) < 4.78 is 31.3. The molecule has 88 valence electrons. The highest BCUT2D eigenvalue weighted by atomic mass is 19.1. The summed E-state index contributed by atoms with van der Waals surface area (Å²) in [6.45, 7) is 1.39. The molecule has 0 spiro atoms. The molecular weight excluding hydrogens is 232 g/mol. The van der Waals surface area contributed by atoms with Crippen LogP contribution in [-0.4, -0.2) is 16.1 Å². The predicted octanol–water partition coefficient (Wildman–Crippen LogP) is 2.63. The number of aromatic carboxylic acids is 1. The summed E-state index contributed by atoms with van der Waals surface area (Å²) in [6.07, 6.45) is 0. The third kappa shape index (κ3) is 2.01. The molecule has 0 saturated heterocycles. The van der Waals surface area contributed by atoms with Crippen LogP contribution in [0.4, 0.5) is 8.78 Å². The van der Waals surface area contributed by atoms with Gasteiger partial charge in [0, 0.05) is 0 Å². The van der Waals surface area contributed by atoms with Gasteiger partial charge in [-0.2, -0.15) is 0 Å². The van der Waals surface area contributed by atoms with Gasteiger partial charge in [0.1, 0.15) is 17.4 Å². The Morgan fingerprint density at radius 1 is 1.41 bits per heavy atom. The minimum absolute atomic E-state index is 0.0381. The first-order valence-electron chi connectivity index (χ1n) is 4.65. The summed E-state index contributed by atoms with van der Waals surface area (Å²) in [5.74, 6) is -2.89. The smallest absolute Gasteiger partial charge is 0.358 e. The number of nitrogens with zero attached hydrogens (tertiary/aromatic N) is 1. The van der Waals surface area contributed by atoms with Gasteiger partial charge in [0.25, 0.3) is 0 Å². The van der Waals surface area contributed by atoms with Gasteiger partial charge in [0.05, 0.1) is 5.56 Å². The Balaban J connectivity index is 2.57. The Morgan fingerprint density at radius 2 is 2.12 bits per heavy atom. The Morgan fingerprint density at radius 3 is 2.71 bits per heavy atom. The molecule has 0 atom stereocenters. The zero-order valence-electron chi connectivity index (χ0n) is 8.70. The lowest BCUT2D eigenvalue weighted by atomic mass is 10.2. The molecule has 4 nitrogen and oxygen atoms in total. The number of rotatable bonds is 2. The first kappa shape index (κ1) is 11.3. The van der Waals surface area contributed by atoms with Crippen LogP contribution < -0.4 is 0 Å². The Labute approximate surface area is 94.5 Å². The van der Waals surface area contributed by atoms with Crippen molar-refractivity contribution in [1.29, 1.82) is 0 Å². The third-order valence-corrected chi connectivity index (χ3v) is 2.16. The molecule has 1 aromatic carbocycles. The van der Waals surface area contributed by atoms with Crippen LogP contribution in [0.3, 0.4) is 0 Å². The van der Waals surface area contributed by atoms with Gasteiger partial charge in [-0.15, -0.1) is 0 Å². The van der Waals surface area contributed by atoms with Crippen molar-refractivity contribution in [2.45, 2.75) is 6.92 Å². The van der Waals surface area contributed by atoms with Crippen LogP contribution in [0.2, 0.25) is 0 Å². The lowest BCUT2D eigenvalue weighted by Gasteiger charge is -1.97. The minimum atomic E-state index is -1.28. The van der Waals surface area contributed by atoms with Crippen LogP contribution in [-0.2, 0) is 0 Å². The lowest BCUT2D eigenvalue weighted by Crippen LogP contribution is -1.98. The number of carbonyl (C=O) groups is 1. The van der Waals surface area contributed by atoms with E-state index in [-0.39, 0.29) is 22.9 Å². The van der Waals surface area contributed by atoms with Gasteiger partial charge in [-0.25, -0.2) is 18.6 Å². The van der Waals surface area contributed by atoms with Gasteiger partial charge in [0.15, 0.2) is 5.69 Å². The minimum Gasteiger partial charge on any atom is -0.476 e. The number of hydrogen-bond acceptors (Lipinski definition) is 3. The topological polar surface area (TPSA) is 63.3 Å². The molecular formula is C11H7F2NO3. The fraction of sp³-hybridized carbons (Fsp3) is 0.0909. The van der Waals surface area contributed by atoms with Crippen LogP contribution in [0.15, 0.2) is 22.6 Å². The van der Waals surface area contributed by atoms with Gasteiger partial charge in [-0.3, -0.25) is 0 Å². The van der Waals surface area contributed by atoms with Crippen molar-refractivity contribution in [1.82, 2.24) is 4.98 Å². The average molecular weight is 239 g/mol. The Kier molecular flexibility index (Phi) is 2.63. The molecule has 1 heterocycles. The van der Waals surface area contributed by atoms with Gasteiger partial charge in [-0.05, 0) is 25.1 Å². The summed E-state index contributed by atoms with van der Waals surface area (Å²) in [7, 11) is 0. The van der Waals surface area contributed by atoms with Crippen molar-refractivity contribution < 1.29 is 23.1 Å². The lowest BCUT2D eigenvalue weighted by molar-refractivity contribution is 0.0689. The van der Waals surface area contributed by atoms with Crippen LogP contribution >= 0.6 is 0 Å². The van der Waals surface area contributed by atoms with E-state index in [1.807, 2.05) is 0 Å². The van der Waals surface area contributed by atoms with Gasteiger partial charge < -0.3 is 9.52 Å². The highest BCUT2D eigenvalue weighted by molar-refractivity contribution is 5.87. The summed E-state index contributed by atoms with van der Waals surface area (Å²) in [4.78, 5) is 14.3. The molecule has 0 amide bonds. The SMILES string of the molecule is Cc1oc(-c2cc(F)ccc2F)nc1C(=O)O. The standard InChI is InChI=1S/C11H7F2NO3/c1-5-9(11(15)16)14-10(17-5)7-4-6(12)2-3-8(7)13/h2-4H,1H3,(H,15,16). The number of aryl methyl sites for hydroxylation is 1. The summed E-state index contributed by atoms with van der Waals surface area (Å²) in [5, 5.41) is 8.76. The van der Waals surface area contributed by atoms with E-state index in [0.717, 1.165) is 18.2 Å². The number of benzene rings is 1. The molecule has 6 heteroatoms. The van der Waals surface area contributed by atoms with E-state index in [0.29, 0.717) is 0 Å². The van der Waals surface area contributed by atoms with Gasteiger partial charge in [0.2, 0.25) is 5.89 Å². The summed E-state index contributed by atoms with van der Waals surface area (Å²) >= 11 is 0. The van der Waals surface area contributed by atoms with E-state index in [9.17, 15) is 13.6 Å². The first-order chi connectivity index (χ1) is 7.99. The van der Waals surface area contributed by atoms with E-state index < -0.39 is 17.6 Å². The normalized spacial score (nSPS) is 10.5. The molecule has 0 radical (unpaired) electrons. The second-order valence-electron chi connectivity index (χ2n) is 3.35. The maximum Gasteiger partial charge on any atom is 0.358 e. The van der Waals surface area contributed by atoms with Crippen LogP contribution in [0.1, 0.15) is 16.2 Å². The maximum atomic E-state index is 13.4. The number of hydrogen-bond donors (Lipinski definition) is 1. The van der Waals surface area contributed by atoms with Crippen molar-refractivity contribution in [3.05, 3.63) is 41.3 Å². The van der Waals surface area contributed by atoms with E-state index in [4.69, 9.17) is 9.52 Å². The fourth-order valence-electron chi connectivity index (χ4n) is 1.37. The molecule has 0 bridgehead atoms. The van der Waals surface area contributed by atoms with Crippen molar-refractivity contribution >= 4 is 5.97 Å². The predicted molar refractivity (Wildman–Crippen MR) is 53.6 cm³/mol. The molecule has 2 rings (SSSR count). The van der Waals surface area contributed by atoms with Gasteiger partial charge in [-0.1, -0.05) is 0 Å². The number of oxazole rings is 1. The molecule has 2 aromatic rings. The van der Waals surface area contributed by atoms with Crippen LogP contribution in [0.5, 0.6) is 0 Å². The van der Waals surface area contributed by atoms with Crippen LogP contribution in [0, 0.1) is 18.6 Å². The quantitative estimate of drug-likeness (QED) is 0.874. The molecule has 0 aliphatic carbocycles. The van der Waals surface area contributed by atoms with E-state index in [2.05, 4.69) is 4.98 Å². The number of halogens is 2. The van der Waals surface area contributed by atoms with Crippen molar-refractivity contribution in [3.63, 3.8) is 0 Å². The second-order valence-corrected chi connectivity index (χ2v) is 3.35. The zero-order chi connectivity index (χ0) is 12.6. The van der Waals surface area contributed by atoms with Gasteiger partial charge >= 0.3 is 5.97 Å². The molecule has 0 aliphatic rings. The second kappa shape index (κ2) is 3.97. The Hall–Kier alpha value is -2.24. The van der Waals surface area contributed by atoms with Crippen molar-refractivity contribution in [3.8, 4) is 11.5 Å². The monoisotopic (exact) mass is 239 g/mol. The number of carboxylic acid groups (broad SMARTS) is 1. The van der Waals surface area contributed by atoms with E-state index >= 15 is 0 Å². The van der Waals surface area contributed by atoms with Crippen molar-refractivity contribution in [2.24, 2.45) is 0 Å². The number of carboxylic acids is 1. The average Bonchev–Trinajstić information content (AvgIpc) is 2.64. The maximum absolute atomic E-state index is 13.4. The highest BCUT2D eigenvalue weighted by Crippen LogP contribution is 2.25. The van der Waals surface area contributed by atoms with Crippen molar-refractivity contribution in [2.75, 3.05) is 0 Å². The van der Waals surface area contributed by atoms with E-state index in [1.165, 1.54) is 6.92 Å². The summed E-state index contributed by atoms with van der Waals surface area (Å²) in [6, 6.07) is 2.77. The molecule has 1 N–H and O–H groups in total. The highest BCUT2D eigenvalue weighted by Gasteiger charge is 2.19. The van der Waals surface area contributed by atoms with Crippen LogP contribution in [0.25, 0.3) is 11.5 Å². The third-order valence-electron chi connectivity index (χ3n) is 2.16. The fourth-order valence-corrected chi connectivity index (χ4v) is 1.37. The largest absolute Gasteiger partial charge is 0.476 e. The zero-order valence-corrected chi connectivity index (χ0v) is 8.70. The Bertz CT molecular complexity index is 592. The summed E-state index contributed by atoms with van der Waals surface area (Å²) in [5.41, 5.74) is -0.524. The molecule has 17 heavy (non-hydrogen) atoms. The molecule has 1 aromatic heterocycles. The number of aromatic nitrogens is 1.